The molecule has 0 spiro atoms. The minimum absolute atomic E-state index is 0.0958. The molecule has 1 fully saturated rings. The van der Waals surface area contributed by atoms with Crippen LogP contribution in [0.1, 0.15) is 23.9 Å². The predicted molar refractivity (Wildman–Crippen MR) is 100 cm³/mol. The third kappa shape index (κ3) is 2.97. The molecule has 3 heterocycles. The van der Waals surface area contributed by atoms with Gasteiger partial charge in [0.25, 0.3) is 0 Å². The van der Waals surface area contributed by atoms with Crippen molar-refractivity contribution in [2.24, 2.45) is 13.0 Å². The van der Waals surface area contributed by atoms with E-state index in [-0.39, 0.29) is 17.9 Å². The van der Waals surface area contributed by atoms with Crippen LogP contribution in [0.5, 0.6) is 0 Å². The van der Waals surface area contributed by atoms with Crippen LogP contribution in [0.4, 0.5) is 0 Å². The van der Waals surface area contributed by atoms with Gasteiger partial charge in [-0.1, -0.05) is 12.1 Å². The van der Waals surface area contributed by atoms with Crippen LogP contribution in [0.25, 0.3) is 11.0 Å². The Kier molecular flexibility index (Phi) is 4.42. The number of rotatable bonds is 5. The molecule has 1 N–H and O–H groups in total. The van der Waals surface area contributed by atoms with Gasteiger partial charge in [-0.15, -0.1) is 0 Å². The van der Waals surface area contributed by atoms with E-state index in [9.17, 15) is 4.79 Å². The molecule has 0 bridgehead atoms. The number of nitrogens with zero attached hydrogens (tertiary/aromatic N) is 4. The van der Waals surface area contributed by atoms with E-state index >= 15 is 0 Å². The van der Waals surface area contributed by atoms with Crippen LogP contribution in [0.3, 0.4) is 0 Å². The van der Waals surface area contributed by atoms with Crippen LogP contribution >= 0.6 is 0 Å². The van der Waals surface area contributed by atoms with Crippen molar-refractivity contribution in [3.63, 3.8) is 0 Å². The maximum Gasteiger partial charge on any atom is 0.223 e. The van der Waals surface area contributed by atoms with Crippen LogP contribution < -0.4 is 5.32 Å². The lowest BCUT2D eigenvalue weighted by atomic mass is 9.94. The van der Waals surface area contributed by atoms with Gasteiger partial charge in [0.15, 0.2) is 0 Å². The number of benzene rings is 1. The number of carbonyl (C=O) groups is 1. The van der Waals surface area contributed by atoms with Gasteiger partial charge in [0, 0.05) is 45.4 Å². The summed E-state index contributed by atoms with van der Waals surface area (Å²) in [5.41, 5.74) is 3.29. The molecule has 1 aliphatic rings. The SMILES string of the molecule is CN1C(=O)C[C@@H](CNCc2nc3ccccc3n2C)[C@@H]1c1ccncc1. The Morgan fingerprint density at radius 3 is 2.69 bits per heavy atom. The molecule has 0 aliphatic carbocycles. The van der Waals surface area contributed by atoms with Gasteiger partial charge in [0.05, 0.1) is 23.6 Å². The van der Waals surface area contributed by atoms with Crippen molar-refractivity contribution in [1.82, 2.24) is 24.8 Å². The van der Waals surface area contributed by atoms with Crippen LogP contribution in [0, 0.1) is 5.92 Å². The molecule has 6 heteroatoms. The van der Waals surface area contributed by atoms with E-state index in [1.54, 1.807) is 12.4 Å². The number of likely N-dealkylation sites (tertiary alicyclic amines) is 1. The Morgan fingerprint density at radius 2 is 1.92 bits per heavy atom. The van der Waals surface area contributed by atoms with E-state index in [0.717, 1.165) is 29.0 Å². The third-order valence-corrected chi connectivity index (χ3v) is 5.31. The molecule has 0 saturated carbocycles. The molecular weight excluding hydrogens is 326 g/mol. The Bertz CT molecular complexity index is 920. The van der Waals surface area contributed by atoms with E-state index < -0.39 is 0 Å². The molecule has 4 rings (SSSR count). The van der Waals surface area contributed by atoms with Gasteiger partial charge in [-0.25, -0.2) is 4.98 Å². The quantitative estimate of drug-likeness (QED) is 0.768. The minimum atomic E-state index is 0.0958. The largest absolute Gasteiger partial charge is 0.338 e. The molecule has 6 nitrogen and oxygen atoms in total. The molecule has 26 heavy (non-hydrogen) atoms. The molecule has 1 aliphatic heterocycles. The zero-order valence-corrected chi connectivity index (χ0v) is 15.1. The van der Waals surface area contributed by atoms with Gasteiger partial charge in [-0.3, -0.25) is 9.78 Å². The summed E-state index contributed by atoms with van der Waals surface area (Å²) < 4.78 is 2.12. The summed E-state index contributed by atoms with van der Waals surface area (Å²) in [6.45, 7) is 1.45. The van der Waals surface area contributed by atoms with Crippen molar-refractivity contribution in [3.05, 3.63) is 60.2 Å². The minimum Gasteiger partial charge on any atom is -0.338 e. The molecule has 2 aromatic heterocycles. The van der Waals surface area contributed by atoms with Gasteiger partial charge in [-0.05, 0) is 29.8 Å². The molecule has 3 aromatic rings. The smallest absolute Gasteiger partial charge is 0.223 e. The van der Waals surface area contributed by atoms with E-state index in [0.29, 0.717) is 13.0 Å². The van der Waals surface area contributed by atoms with Crippen LogP contribution in [0.15, 0.2) is 48.8 Å². The highest BCUT2D eigenvalue weighted by atomic mass is 16.2. The van der Waals surface area contributed by atoms with Gasteiger partial charge in [0.2, 0.25) is 5.91 Å². The highest BCUT2D eigenvalue weighted by Gasteiger charge is 2.38. The number of aryl methyl sites for hydroxylation is 1. The summed E-state index contributed by atoms with van der Waals surface area (Å²) in [4.78, 5) is 22.9. The standard InChI is InChI=1S/C20H23N5O/c1-24-17-6-4-3-5-16(17)23-18(24)13-22-12-15-11-19(26)25(2)20(15)14-7-9-21-10-8-14/h3-10,15,20,22H,11-13H2,1-2H3/t15-,20-/m0/s1. The summed E-state index contributed by atoms with van der Waals surface area (Å²) in [6.07, 6.45) is 4.14. The van der Waals surface area contributed by atoms with Crippen molar-refractivity contribution < 1.29 is 4.79 Å². The van der Waals surface area contributed by atoms with E-state index in [1.165, 1.54) is 0 Å². The molecule has 134 valence electrons. The van der Waals surface area contributed by atoms with Crippen LogP contribution in [-0.4, -0.2) is 38.9 Å². The number of aromatic nitrogens is 3. The lowest BCUT2D eigenvalue weighted by Crippen LogP contribution is -2.29. The monoisotopic (exact) mass is 349 g/mol. The Balaban J connectivity index is 1.46. The van der Waals surface area contributed by atoms with Crippen molar-refractivity contribution >= 4 is 16.9 Å². The summed E-state index contributed by atoms with van der Waals surface area (Å²) >= 11 is 0. The number of nitrogens with one attached hydrogen (secondary N) is 1. The number of imidazole rings is 1. The molecule has 2 atom stereocenters. The number of fused-ring (bicyclic) bond motifs is 1. The van der Waals surface area contributed by atoms with Gasteiger partial charge in [-0.2, -0.15) is 0 Å². The maximum atomic E-state index is 12.2. The second-order valence-electron chi connectivity index (χ2n) is 6.90. The van der Waals surface area contributed by atoms with E-state index in [2.05, 4.69) is 20.9 Å². The summed E-state index contributed by atoms with van der Waals surface area (Å²) in [5.74, 6) is 1.44. The second-order valence-corrected chi connectivity index (χ2v) is 6.90. The van der Waals surface area contributed by atoms with Crippen molar-refractivity contribution in [2.75, 3.05) is 13.6 Å². The van der Waals surface area contributed by atoms with Crippen molar-refractivity contribution in [3.8, 4) is 0 Å². The lowest BCUT2D eigenvalue weighted by molar-refractivity contribution is -0.127. The first-order valence-electron chi connectivity index (χ1n) is 8.92. The maximum absolute atomic E-state index is 12.2. The molecular formula is C20H23N5O. The van der Waals surface area contributed by atoms with Gasteiger partial charge < -0.3 is 14.8 Å². The highest BCUT2D eigenvalue weighted by molar-refractivity contribution is 5.79. The third-order valence-electron chi connectivity index (χ3n) is 5.31. The number of amides is 1. The van der Waals surface area contributed by atoms with E-state index in [4.69, 9.17) is 4.98 Å². The summed E-state index contributed by atoms with van der Waals surface area (Å²) in [6, 6.07) is 12.2. The van der Waals surface area contributed by atoms with Gasteiger partial charge in [0.1, 0.15) is 5.82 Å². The number of para-hydroxylation sites is 2. The fourth-order valence-electron chi connectivity index (χ4n) is 3.91. The topological polar surface area (TPSA) is 63.1 Å². The Labute approximate surface area is 152 Å². The predicted octanol–water partition coefficient (Wildman–Crippen LogP) is 2.28. The number of pyridine rings is 1. The molecule has 1 aromatic carbocycles. The Hall–Kier alpha value is -2.73. The van der Waals surface area contributed by atoms with Crippen molar-refractivity contribution in [2.45, 2.75) is 19.0 Å². The Morgan fingerprint density at radius 1 is 1.15 bits per heavy atom. The summed E-state index contributed by atoms with van der Waals surface area (Å²) in [5, 5.41) is 3.51. The van der Waals surface area contributed by atoms with Crippen LogP contribution in [0.2, 0.25) is 0 Å². The normalized spacial score (nSPS) is 20.2. The molecule has 1 saturated heterocycles. The first-order chi connectivity index (χ1) is 12.6. The number of carbonyl (C=O) groups excluding carboxylic acids is 1. The van der Waals surface area contributed by atoms with Crippen LogP contribution in [-0.2, 0) is 18.4 Å². The number of hydrogen-bond acceptors (Lipinski definition) is 4. The first kappa shape index (κ1) is 16.7. The fourth-order valence-corrected chi connectivity index (χ4v) is 3.91. The first-order valence-corrected chi connectivity index (χ1v) is 8.92. The average Bonchev–Trinajstić information content (AvgIpc) is 3.13. The summed E-state index contributed by atoms with van der Waals surface area (Å²) in [7, 11) is 3.93. The van der Waals surface area contributed by atoms with Crippen molar-refractivity contribution in [1.29, 1.82) is 0 Å². The lowest BCUT2D eigenvalue weighted by Gasteiger charge is -2.25. The highest BCUT2D eigenvalue weighted by Crippen LogP contribution is 2.36. The molecule has 0 unspecified atom stereocenters. The number of hydrogen-bond donors (Lipinski definition) is 1. The molecule has 0 radical (unpaired) electrons. The fraction of sp³-hybridized carbons (Fsp3) is 0.350. The zero-order valence-electron chi connectivity index (χ0n) is 15.1. The average molecular weight is 349 g/mol. The van der Waals surface area contributed by atoms with Gasteiger partial charge >= 0.3 is 0 Å². The van der Waals surface area contributed by atoms with E-state index in [1.807, 2.05) is 49.3 Å². The second kappa shape index (κ2) is 6.88. The molecule has 1 amide bonds. The zero-order chi connectivity index (χ0) is 18.1.